The fourth-order valence-corrected chi connectivity index (χ4v) is 1.18. The Hall–Kier alpha value is -1.18. The van der Waals surface area contributed by atoms with Crippen LogP contribution in [0.15, 0.2) is 29.4 Å². The topological polar surface area (TPSA) is 29.4 Å². The summed E-state index contributed by atoms with van der Waals surface area (Å²) < 4.78 is 0. The van der Waals surface area contributed by atoms with Gasteiger partial charge in [0.15, 0.2) is 0 Å². The Morgan fingerprint density at radius 1 is 1.15 bits per heavy atom. The summed E-state index contributed by atoms with van der Waals surface area (Å²) in [4.78, 5) is 10.0. The van der Waals surface area contributed by atoms with Crippen molar-refractivity contribution >= 4 is 0 Å². The second kappa shape index (κ2) is 3.69. The molecule has 0 N–H and O–H groups in total. The summed E-state index contributed by atoms with van der Waals surface area (Å²) in [5.41, 5.74) is 2.43. The summed E-state index contributed by atoms with van der Waals surface area (Å²) in [6.45, 7) is 6.77. The monoisotopic (exact) mass is 177 g/mol. The first-order valence-electron chi connectivity index (χ1n) is 4.42. The molecule has 0 spiro atoms. The van der Waals surface area contributed by atoms with Gasteiger partial charge in [0.25, 0.3) is 0 Å². The van der Waals surface area contributed by atoms with Gasteiger partial charge in [-0.3, -0.25) is 0 Å². The van der Waals surface area contributed by atoms with E-state index in [1.807, 2.05) is 12.1 Å². The summed E-state index contributed by atoms with van der Waals surface area (Å²) in [5, 5.41) is 2.85. The molecule has 0 amide bonds. The smallest absolute Gasteiger partial charge is 0.106 e. The maximum atomic E-state index is 10.0. The minimum atomic E-state index is 0.174. The molecule has 0 aromatic heterocycles. The van der Waals surface area contributed by atoms with Gasteiger partial charge in [-0.15, -0.1) is 0 Å². The van der Waals surface area contributed by atoms with Gasteiger partial charge in [-0.25, -0.2) is 0 Å². The lowest BCUT2D eigenvalue weighted by Crippen LogP contribution is -2.10. The van der Waals surface area contributed by atoms with Crippen molar-refractivity contribution in [1.29, 1.82) is 0 Å². The Balaban J connectivity index is 2.87. The van der Waals surface area contributed by atoms with E-state index in [4.69, 9.17) is 0 Å². The molecule has 2 nitrogen and oxygen atoms in total. The van der Waals surface area contributed by atoms with Crippen molar-refractivity contribution in [2.75, 3.05) is 0 Å². The molecule has 0 heterocycles. The Kier molecular flexibility index (Phi) is 2.81. The summed E-state index contributed by atoms with van der Waals surface area (Å²) >= 11 is 0. The molecule has 0 aliphatic carbocycles. The molecule has 0 fully saturated rings. The Morgan fingerprint density at radius 3 is 2.08 bits per heavy atom. The molecule has 0 saturated heterocycles. The summed E-state index contributed by atoms with van der Waals surface area (Å²) in [7, 11) is 0. The minimum Gasteiger partial charge on any atom is -0.150 e. The third kappa shape index (κ3) is 2.65. The van der Waals surface area contributed by atoms with E-state index in [-0.39, 0.29) is 12.0 Å². The summed E-state index contributed by atoms with van der Waals surface area (Å²) in [6.07, 6.45) is 0. The second-order valence-corrected chi connectivity index (χ2v) is 4.23. The SMILES string of the molecule is CC(C)(C)c1ccc(CN=O)cc1. The fraction of sp³-hybridized carbons (Fsp3) is 0.455. The number of hydrogen-bond acceptors (Lipinski definition) is 2. The van der Waals surface area contributed by atoms with Crippen molar-refractivity contribution in [1.82, 2.24) is 0 Å². The lowest BCUT2D eigenvalue weighted by atomic mass is 9.87. The van der Waals surface area contributed by atoms with Gasteiger partial charge < -0.3 is 0 Å². The van der Waals surface area contributed by atoms with E-state index in [0.29, 0.717) is 0 Å². The molecule has 1 rings (SSSR count). The second-order valence-electron chi connectivity index (χ2n) is 4.23. The van der Waals surface area contributed by atoms with Gasteiger partial charge >= 0.3 is 0 Å². The van der Waals surface area contributed by atoms with Crippen molar-refractivity contribution in [2.24, 2.45) is 5.18 Å². The Bertz CT molecular complexity index is 282. The van der Waals surface area contributed by atoms with Crippen LogP contribution in [0, 0.1) is 4.91 Å². The molecule has 0 saturated carbocycles. The van der Waals surface area contributed by atoms with Crippen LogP contribution in [0.1, 0.15) is 31.9 Å². The number of nitrogens with zero attached hydrogens (tertiary/aromatic N) is 1. The van der Waals surface area contributed by atoms with Gasteiger partial charge in [0, 0.05) is 0 Å². The summed E-state index contributed by atoms with van der Waals surface area (Å²) in [6, 6.07) is 8.03. The first-order valence-corrected chi connectivity index (χ1v) is 4.42. The van der Waals surface area contributed by atoms with Crippen LogP contribution in [0.4, 0.5) is 0 Å². The first kappa shape index (κ1) is 9.90. The maximum Gasteiger partial charge on any atom is 0.106 e. The van der Waals surface area contributed by atoms with E-state index in [0.717, 1.165) is 5.56 Å². The van der Waals surface area contributed by atoms with Gasteiger partial charge in [0.05, 0.1) is 0 Å². The lowest BCUT2D eigenvalue weighted by Gasteiger charge is -2.18. The molecular weight excluding hydrogens is 162 g/mol. The molecule has 0 radical (unpaired) electrons. The standard InChI is InChI=1S/C11H15NO/c1-11(2,3)10-6-4-9(5-7-10)8-12-13/h4-7H,8H2,1-3H3. The largest absolute Gasteiger partial charge is 0.150 e. The van der Waals surface area contributed by atoms with Crippen LogP contribution in [0.2, 0.25) is 0 Å². The maximum absolute atomic E-state index is 10.0. The molecule has 0 bridgehead atoms. The quantitative estimate of drug-likeness (QED) is 0.637. The van der Waals surface area contributed by atoms with E-state index in [2.05, 4.69) is 38.1 Å². The fourth-order valence-electron chi connectivity index (χ4n) is 1.18. The van der Waals surface area contributed by atoms with Crippen LogP contribution < -0.4 is 0 Å². The predicted molar refractivity (Wildman–Crippen MR) is 54.6 cm³/mol. The van der Waals surface area contributed by atoms with Crippen LogP contribution in [0.3, 0.4) is 0 Å². The molecule has 70 valence electrons. The van der Waals surface area contributed by atoms with Crippen LogP contribution >= 0.6 is 0 Å². The molecule has 2 heteroatoms. The van der Waals surface area contributed by atoms with E-state index < -0.39 is 0 Å². The van der Waals surface area contributed by atoms with Crippen molar-refractivity contribution in [3.8, 4) is 0 Å². The molecule has 0 atom stereocenters. The molecular formula is C11H15NO. The van der Waals surface area contributed by atoms with Crippen molar-refractivity contribution in [3.63, 3.8) is 0 Å². The van der Waals surface area contributed by atoms with Gasteiger partial charge in [0.1, 0.15) is 6.54 Å². The zero-order chi connectivity index (χ0) is 9.90. The number of benzene rings is 1. The molecule has 0 aliphatic heterocycles. The number of nitroso groups, excluding NO2 is 1. The van der Waals surface area contributed by atoms with Crippen molar-refractivity contribution in [3.05, 3.63) is 40.3 Å². The van der Waals surface area contributed by atoms with Gasteiger partial charge in [-0.2, -0.15) is 4.91 Å². The Labute approximate surface area is 79.0 Å². The van der Waals surface area contributed by atoms with Crippen molar-refractivity contribution in [2.45, 2.75) is 32.7 Å². The van der Waals surface area contributed by atoms with E-state index in [1.165, 1.54) is 5.56 Å². The highest BCUT2D eigenvalue weighted by Crippen LogP contribution is 2.22. The highest BCUT2D eigenvalue weighted by Gasteiger charge is 2.12. The first-order chi connectivity index (χ1) is 6.04. The average molecular weight is 177 g/mol. The normalized spacial score (nSPS) is 11.3. The summed E-state index contributed by atoms with van der Waals surface area (Å²) in [5.74, 6) is 0. The zero-order valence-corrected chi connectivity index (χ0v) is 8.37. The number of rotatable bonds is 2. The molecule has 1 aromatic rings. The Morgan fingerprint density at radius 2 is 1.69 bits per heavy atom. The minimum absolute atomic E-state index is 0.174. The molecule has 1 aromatic carbocycles. The zero-order valence-electron chi connectivity index (χ0n) is 8.37. The third-order valence-corrected chi connectivity index (χ3v) is 2.07. The van der Waals surface area contributed by atoms with Crippen LogP contribution in [0.5, 0.6) is 0 Å². The van der Waals surface area contributed by atoms with Crippen LogP contribution in [-0.2, 0) is 12.0 Å². The van der Waals surface area contributed by atoms with Gasteiger partial charge in [-0.05, 0) is 16.5 Å². The third-order valence-electron chi connectivity index (χ3n) is 2.07. The molecule has 0 aliphatic rings. The predicted octanol–water partition coefficient (Wildman–Crippen LogP) is 3.25. The van der Waals surface area contributed by atoms with E-state index in [9.17, 15) is 4.91 Å². The lowest BCUT2D eigenvalue weighted by molar-refractivity contribution is 0.590. The van der Waals surface area contributed by atoms with Crippen molar-refractivity contribution < 1.29 is 0 Å². The highest BCUT2D eigenvalue weighted by atomic mass is 16.3. The van der Waals surface area contributed by atoms with E-state index >= 15 is 0 Å². The van der Waals surface area contributed by atoms with E-state index in [1.54, 1.807) is 0 Å². The van der Waals surface area contributed by atoms with Gasteiger partial charge in [-0.1, -0.05) is 50.2 Å². The molecule has 13 heavy (non-hydrogen) atoms. The highest BCUT2D eigenvalue weighted by molar-refractivity contribution is 5.27. The number of hydrogen-bond donors (Lipinski definition) is 0. The van der Waals surface area contributed by atoms with Crippen LogP contribution in [-0.4, -0.2) is 0 Å². The van der Waals surface area contributed by atoms with Crippen LogP contribution in [0.25, 0.3) is 0 Å². The molecule has 0 unspecified atom stereocenters. The average Bonchev–Trinajstić information content (AvgIpc) is 2.04. The van der Waals surface area contributed by atoms with Gasteiger partial charge in [0.2, 0.25) is 0 Å².